The van der Waals surface area contributed by atoms with E-state index in [0.29, 0.717) is 6.61 Å². The molecule has 1 rings (SSSR count). The minimum absolute atomic E-state index is 0.0388. The van der Waals surface area contributed by atoms with Gasteiger partial charge in [0.25, 0.3) is 0 Å². The molecule has 0 bridgehead atoms. The van der Waals surface area contributed by atoms with Gasteiger partial charge in [-0.05, 0) is 40.5 Å². The predicted molar refractivity (Wildman–Crippen MR) is 90.0 cm³/mol. The van der Waals surface area contributed by atoms with Crippen LogP contribution in [0.5, 0.6) is 0 Å². The second kappa shape index (κ2) is 8.98. The third-order valence-electron chi connectivity index (χ3n) is 3.69. The molecular weight excluding hydrogens is 280 g/mol. The Kier molecular flexibility index (Phi) is 7.65. The normalized spacial score (nSPS) is 17.5. The number of carbonyl (C=O) groups excluding carboxylic acids is 1. The van der Waals surface area contributed by atoms with E-state index in [4.69, 9.17) is 4.74 Å². The largest absolute Gasteiger partial charge is 0.466 e. The summed E-state index contributed by atoms with van der Waals surface area (Å²) < 4.78 is 5.10. The highest BCUT2D eigenvalue weighted by atomic mass is 16.5. The van der Waals surface area contributed by atoms with Crippen molar-refractivity contribution in [1.82, 2.24) is 15.5 Å². The van der Waals surface area contributed by atoms with Crippen LogP contribution >= 0.6 is 0 Å². The van der Waals surface area contributed by atoms with Crippen LogP contribution in [0.2, 0.25) is 0 Å². The maximum absolute atomic E-state index is 11.8. The maximum Gasteiger partial charge on any atom is 0.309 e. The van der Waals surface area contributed by atoms with Gasteiger partial charge >= 0.3 is 5.97 Å². The number of piperidine rings is 1. The summed E-state index contributed by atoms with van der Waals surface area (Å²) in [5.41, 5.74) is 0.128. The van der Waals surface area contributed by atoms with Crippen molar-refractivity contribution in [2.75, 3.05) is 39.8 Å². The molecule has 1 fully saturated rings. The first-order valence-electron chi connectivity index (χ1n) is 8.24. The van der Waals surface area contributed by atoms with Crippen LogP contribution in [0.25, 0.3) is 0 Å². The van der Waals surface area contributed by atoms with Crippen molar-refractivity contribution in [3.63, 3.8) is 0 Å². The van der Waals surface area contributed by atoms with Crippen molar-refractivity contribution in [2.45, 2.75) is 46.1 Å². The Labute approximate surface area is 134 Å². The molecule has 0 spiro atoms. The predicted octanol–water partition coefficient (Wildman–Crippen LogP) is 1.23. The molecule has 0 saturated carbocycles. The van der Waals surface area contributed by atoms with Gasteiger partial charge in [0, 0.05) is 38.8 Å². The van der Waals surface area contributed by atoms with Gasteiger partial charge in [0.05, 0.1) is 12.5 Å². The van der Waals surface area contributed by atoms with E-state index in [-0.39, 0.29) is 17.4 Å². The molecule has 1 heterocycles. The van der Waals surface area contributed by atoms with Gasteiger partial charge in [-0.25, -0.2) is 0 Å². The van der Waals surface area contributed by atoms with Crippen molar-refractivity contribution in [3.8, 4) is 0 Å². The molecule has 0 aliphatic carbocycles. The van der Waals surface area contributed by atoms with Crippen LogP contribution in [-0.4, -0.2) is 62.2 Å². The van der Waals surface area contributed by atoms with Crippen LogP contribution < -0.4 is 10.6 Å². The zero-order chi connectivity index (χ0) is 16.6. The highest BCUT2D eigenvalue weighted by molar-refractivity contribution is 5.80. The van der Waals surface area contributed by atoms with E-state index in [2.05, 4.69) is 41.3 Å². The number of nitrogens with one attached hydrogen (secondary N) is 2. The summed E-state index contributed by atoms with van der Waals surface area (Å²) in [4.78, 5) is 18.3. The minimum Gasteiger partial charge on any atom is -0.466 e. The Hall–Kier alpha value is -1.30. The Morgan fingerprint density at radius 1 is 1.27 bits per heavy atom. The van der Waals surface area contributed by atoms with Crippen molar-refractivity contribution < 1.29 is 9.53 Å². The molecule has 1 aliphatic rings. The molecule has 22 heavy (non-hydrogen) atoms. The first-order chi connectivity index (χ1) is 10.4. The average molecular weight is 312 g/mol. The van der Waals surface area contributed by atoms with E-state index < -0.39 is 0 Å². The lowest BCUT2D eigenvalue weighted by atomic mass is 9.97. The van der Waals surface area contributed by atoms with Gasteiger partial charge in [0.15, 0.2) is 5.96 Å². The molecule has 1 aliphatic heterocycles. The van der Waals surface area contributed by atoms with Gasteiger partial charge in [-0.15, -0.1) is 0 Å². The number of ether oxygens (including phenoxy) is 1. The van der Waals surface area contributed by atoms with Crippen molar-refractivity contribution in [2.24, 2.45) is 10.9 Å². The first-order valence-corrected chi connectivity index (χ1v) is 8.24. The Morgan fingerprint density at radius 3 is 2.41 bits per heavy atom. The smallest absolute Gasteiger partial charge is 0.309 e. The highest BCUT2D eigenvalue weighted by Gasteiger charge is 2.27. The summed E-state index contributed by atoms with van der Waals surface area (Å²) in [5.74, 6) is 0.898. The standard InChI is InChI=1S/C16H32N4O2/c1-6-22-14(21)13-7-11-20(12-8-13)15(17-5)18-9-10-19-16(2,3)4/h13,19H,6-12H2,1-5H3,(H,17,18). The molecule has 0 aromatic carbocycles. The number of esters is 1. The molecule has 2 N–H and O–H groups in total. The number of aliphatic imine (C=N–C) groups is 1. The number of nitrogens with zero attached hydrogens (tertiary/aromatic N) is 2. The number of carbonyl (C=O) groups is 1. The van der Waals surface area contributed by atoms with E-state index >= 15 is 0 Å². The van der Waals surface area contributed by atoms with E-state index in [1.165, 1.54) is 0 Å². The van der Waals surface area contributed by atoms with E-state index in [9.17, 15) is 4.79 Å². The second-order valence-electron chi connectivity index (χ2n) is 6.66. The van der Waals surface area contributed by atoms with Gasteiger partial charge in [0.1, 0.15) is 0 Å². The van der Waals surface area contributed by atoms with Crippen LogP contribution in [0, 0.1) is 5.92 Å². The van der Waals surface area contributed by atoms with Crippen molar-refractivity contribution in [1.29, 1.82) is 0 Å². The first kappa shape index (κ1) is 18.7. The van der Waals surface area contributed by atoms with Crippen LogP contribution in [0.15, 0.2) is 4.99 Å². The van der Waals surface area contributed by atoms with Gasteiger partial charge in [0.2, 0.25) is 0 Å². The van der Waals surface area contributed by atoms with Gasteiger partial charge in [-0.2, -0.15) is 0 Å². The molecule has 1 saturated heterocycles. The van der Waals surface area contributed by atoms with Crippen molar-refractivity contribution >= 4 is 11.9 Å². The molecule has 6 heteroatoms. The van der Waals surface area contributed by atoms with Gasteiger partial charge in [-0.3, -0.25) is 9.79 Å². The zero-order valence-electron chi connectivity index (χ0n) is 14.7. The molecule has 0 aromatic rings. The molecule has 0 aromatic heterocycles. The summed E-state index contributed by atoms with van der Waals surface area (Å²) in [6.45, 7) is 12.2. The quantitative estimate of drug-likeness (QED) is 0.346. The molecule has 0 atom stereocenters. The lowest BCUT2D eigenvalue weighted by Gasteiger charge is -2.33. The topological polar surface area (TPSA) is 66.0 Å². The van der Waals surface area contributed by atoms with Crippen LogP contribution in [0.1, 0.15) is 40.5 Å². The summed E-state index contributed by atoms with van der Waals surface area (Å²) in [6.07, 6.45) is 1.67. The van der Waals surface area contributed by atoms with Crippen LogP contribution in [-0.2, 0) is 9.53 Å². The Balaban J connectivity index is 2.33. The summed E-state index contributed by atoms with van der Waals surface area (Å²) in [7, 11) is 1.80. The fraction of sp³-hybridized carbons (Fsp3) is 0.875. The number of hydrogen-bond acceptors (Lipinski definition) is 4. The third-order valence-corrected chi connectivity index (χ3v) is 3.69. The highest BCUT2D eigenvalue weighted by Crippen LogP contribution is 2.18. The minimum atomic E-state index is -0.0560. The zero-order valence-corrected chi connectivity index (χ0v) is 14.7. The number of likely N-dealkylation sites (tertiary alicyclic amines) is 1. The van der Waals surface area contributed by atoms with E-state index in [1.807, 2.05) is 6.92 Å². The Morgan fingerprint density at radius 2 is 1.91 bits per heavy atom. The van der Waals surface area contributed by atoms with E-state index in [0.717, 1.165) is 45.0 Å². The average Bonchev–Trinajstić information content (AvgIpc) is 2.47. The van der Waals surface area contributed by atoms with Crippen LogP contribution in [0.3, 0.4) is 0 Å². The SMILES string of the molecule is CCOC(=O)C1CCN(C(=NC)NCCNC(C)(C)C)CC1. The Bertz CT molecular complexity index is 369. The third kappa shape index (κ3) is 6.64. The molecule has 0 radical (unpaired) electrons. The lowest BCUT2D eigenvalue weighted by molar-refractivity contribution is -0.149. The molecule has 128 valence electrons. The van der Waals surface area contributed by atoms with Crippen LogP contribution in [0.4, 0.5) is 0 Å². The van der Waals surface area contributed by atoms with Gasteiger partial charge in [-0.1, -0.05) is 0 Å². The molecule has 6 nitrogen and oxygen atoms in total. The molecular formula is C16H32N4O2. The van der Waals surface area contributed by atoms with Gasteiger partial charge < -0.3 is 20.3 Å². The van der Waals surface area contributed by atoms with E-state index in [1.54, 1.807) is 7.05 Å². The number of rotatable bonds is 5. The molecule has 0 amide bonds. The molecule has 0 unspecified atom stereocenters. The number of guanidine groups is 1. The second-order valence-corrected chi connectivity index (χ2v) is 6.66. The fourth-order valence-electron chi connectivity index (χ4n) is 2.53. The lowest BCUT2D eigenvalue weighted by Crippen LogP contribution is -2.49. The maximum atomic E-state index is 11.8. The van der Waals surface area contributed by atoms with Crippen molar-refractivity contribution in [3.05, 3.63) is 0 Å². The fourth-order valence-corrected chi connectivity index (χ4v) is 2.53. The summed E-state index contributed by atoms with van der Waals surface area (Å²) in [5, 5.41) is 6.82. The monoisotopic (exact) mass is 312 g/mol. The number of hydrogen-bond donors (Lipinski definition) is 2. The summed E-state index contributed by atoms with van der Waals surface area (Å²) >= 11 is 0. The summed E-state index contributed by atoms with van der Waals surface area (Å²) in [6, 6.07) is 0.